The van der Waals surface area contributed by atoms with Crippen LogP contribution in [-0.2, 0) is 9.31 Å². The fourth-order valence-corrected chi connectivity index (χ4v) is 2.46. The molecule has 6 heteroatoms. The van der Waals surface area contributed by atoms with Crippen LogP contribution in [0.1, 0.15) is 33.3 Å². The molecule has 0 aliphatic carbocycles. The van der Waals surface area contributed by atoms with E-state index in [0.717, 1.165) is 10.8 Å². The summed E-state index contributed by atoms with van der Waals surface area (Å²) in [6.45, 7) is 7.97. The molecule has 0 atom stereocenters. The summed E-state index contributed by atoms with van der Waals surface area (Å²) in [7, 11) is -0.537. The van der Waals surface area contributed by atoms with E-state index in [2.05, 4.69) is 6.07 Å². The molecular weight excluding hydrogens is 267 g/mol. The molecular formula is C15H17BN2O3. The van der Waals surface area contributed by atoms with Gasteiger partial charge in [0.15, 0.2) is 5.58 Å². The fourth-order valence-electron chi connectivity index (χ4n) is 2.46. The van der Waals surface area contributed by atoms with E-state index in [0.29, 0.717) is 16.8 Å². The highest BCUT2D eigenvalue weighted by Gasteiger charge is 2.52. The Labute approximate surface area is 123 Å². The number of rotatable bonds is 1. The fraction of sp³-hybridized carbons (Fsp3) is 0.400. The van der Waals surface area contributed by atoms with Crippen molar-refractivity contribution in [1.29, 1.82) is 5.26 Å². The normalized spacial score (nSPS) is 19.9. The number of nitrogen functional groups attached to an aromatic ring is 1. The molecule has 0 saturated carbocycles. The first-order chi connectivity index (χ1) is 9.77. The molecule has 1 fully saturated rings. The number of furan rings is 1. The van der Waals surface area contributed by atoms with Crippen LogP contribution >= 0.6 is 0 Å². The third-order valence-corrected chi connectivity index (χ3v) is 4.42. The Morgan fingerprint density at radius 2 is 1.81 bits per heavy atom. The van der Waals surface area contributed by atoms with Gasteiger partial charge in [0.05, 0.1) is 23.2 Å². The lowest BCUT2D eigenvalue weighted by Crippen LogP contribution is -2.41. The molecule has 2 heterocycles. The van der Waals surface area contributed by atoms with Gasteiger partial charge in [0.1, 0.15) is 11.6 Å². The summed E-state index contributed by atoms with van der Waals surface area (Å²) < 4.78 is 17.5. The number of hydrogen-bond acceptors (Lipinski definition) is 5. The van der Waals surface area contributed by atoms with Crippen LogP contribution < -0.4 is 11.2 Å². The van der Waals surface area contributed by atoms with E-state index in [-0.39, 0.29) is 0 Å². The van der Waals surface area contributed by atoms with Gasteiger partial charge in [-0.05, 0) is 45.3 Å². The van der Waals surface area contributed by atoms with E-state index >= 15 is 0 Å². The monoisotopic (exact) mass is 284 g/mol. The average molecular weight is 284 g/mol. The van der Waals surface area contributed by atoms with E-state index in [4.69, 9.17) is 19.5 Å². The minimum atomic E-state index is -0.537. The minimum absolute atomic E-state index is 0.343. The summed E-state index contributed by atoms with van der Waals surface area (Å²) in [5.74, 6) is 0. The molecule has 108 valence electrons. The van der Waals surface area contributed by atoms with Gasteiger partial charge in [-0.15, -0.1) is 0 Å². The van der Waals surface area contributed by atoms with Gasteiger partial charge >= 0.3 is 7.12 Å². The Morgan fingerprint density at radius 3 is 2.38 bits per heavy atom. The van der Waals surface area contributed by atoms with Gasteiger partial charge in [-0.2, -0.15) is 5.26 Å². The van der Waals surface area contributed by atoms with Gasteiger partial charge in [-0.1, -0.05) is 0 Å². The van der Waals surface area contributed by atoms with Crippen LogP contribution in [0.15, 0.2) is 22.8 Å². The Hall–Kier alpha value is -1.97. The third kappa shape index (κ3) is 1.93. The lowest BCUT2D eigenvalue weighted by molar-refractivity contribution is 0.00578. The molecule has 1 aromatic carbocycles. The maximum Gasteiger partial charge on any atom is 0.495 e. The van der Waals surface area contributed by atoms with E-state index < -0.39 is 18.3 Å². The average Bonchev–Trinajstić information content (AvgIpc) is 2.92. The number of anilines is 1. The summed E-state index contributed by atoms with van der Waals surface area (Å²) in [4.78, 5) is 0. The van der Waals surface area contributed by atoms with Crippen molar-refractivity contribution in [3.8, 4) is 6.07 Å². The lowest BCUT2D eigenvalue weighted by atomic mass is 9.76. The summed E-state index contributed by atoms with van der Waals surface area (Å²) in [6.07, 6.45) is 1.54. The number of nitriles is 1. The highest BCUT2D eigenvalue weighted by Crippen LogP contribution is 2.37. The van der Waals surface area contributed by atoms with Crippen molar-refractivity contribution in [1.82, 2.24) is 0 Å². The maximum atomic E-state index is 9.20. The molecule has 0 bridgehead atoms. The van der Waals surface area contributed by atoms with Crippen molar-refractivity contribution in [3.63, 3.8) is 0 Å². The molecule has 3 rings (SSSR count). The molecule has 0 amide bonds. The quantitative estimate of drug-likeness (QED) is 0.641. The number of benzene rings is 1. The van der Waals surface area contributed by atoms with Crippen LogP contribution in [0.2, 0.25) is 0 Å². The van der Waals surface area contributed by atoms with Crippen molar-refractivity contribution in [2.75, 3.05) is 5.73 Å². The van der Waals surface area contributed by atoms with Crippen LogP contribution in [0.3, 0.4) is 0 Å². The van der Waals surface area contributed by atoms with Crippen LogP contribution in [0.4, 0.5) is 5.69 Å². The zero-order valence-corrected chi connectivity index (χ0v) is 12.6. The third-order valence-electron chi connectivity index (χ3n) is 4.42. The van der Waals surface area contributed by atoms with E-state index in [9.17, 15) is 5.26 Å². The Balaban J connectivity index is 2.16. The molecule has 2 aromatic rings. The summed E-state index contributed by atoms with van der Waals surface area (Å²) in [6, 6.07) is 5.61. The van der Waals surface area contributed by atoms with Crippen molar-refractivity contribution in [3.05, 3.63) is 24.0 Å². The van der Waals surface area contributed by atoms with Gasteiger partial charge in [0.25, 0.3) is 0 Å². The largest absolute Gasteiger partial charge is 0.495 e. The first-order valence-electron chi connectivity index (χ1n) is 6.82. The number of fused-ring (bicyclic) bond motifs is 1. The van der Waals surface area contributed by atoms with Gasteiger partial charge in [0.2, 0.25) is 0 Å². The van der Waals surface area contributed by atoms with E-state index in [1.54, 1.807) is 18.4 Å². The molecule has 1 aliphatic heterocycles. The molecule has 1 saturated heterocycles. The Morgan fingerprint density at radius 1 is 1.19 bits per heavy atom. The predicted octanol–water partition coefficient (Wildman–Crippen LogP) is 2.19. The SMILES string of the molecule is CC1(C)OB(c2cc(N)c(C#N)c3occc23)OC1(C)C. The first kappa shape index (κ1) is 14.0. The molecule has 5 nitrogen and oxygen atoms in total. The summed E-state index contributed by atoms with van der Waals surface area (Å²) >= 11 is 0. The van der Waals surface area contributed by atoms with Crippen molar-refractivity contribution >= 4 is 29.2 Å². The van der Waals surface area contributed by atoms with Gasteiger partial charge in [-0.25, -0.2) is 0 Å². The highest BCUT2D eigenvalue weighted by atomic mass is 16.7. The van der Waals surface area contributed by atoms with Crippen molar-refractivity contribution < 1.29 is 13.7 Å². The maximum absolute atomic E-state index is 9.20. The van der Waals surface area contributed by atoms with Crippen LogP contribution in [0.25, 0.3) is 11.0 Å². The zero-order chi connectivity index (χ0) is 15.4. The molecule has 21 heavy (non-hydrogen) atoms. The smallest absolute Gasteiger partial charge is 0.463 e. The van der Waals surface area contributed by atoms with Gasteiger partial charge in [-0.3, -0.25) is 0 Å². The molecule has 0 radical (unpaired) electrons. The summed E-state index contributed by atoms with van der Waals surface area (Å²) in [5, 5.41) is 10.00. The minimum Gasteiger partial charge on any atom is -0.463 e. The van der Waals surface area contributed by atoms with Crippen molar-refractivity contribution in [2.24, 2.45) is 0 Å². The highest BCUT2D eigenvalue weighted by molar-refractivity contribution is 6.65. The van der Waals surface area contributed by atoms with E-state index in [1.165, 1.54) is 0 Å². The second kappa shape index (κ2) is 4.26. The molecule has 0 unspecified atom stereocenters. The predicted molar refractivity (Wildman–Crippen MR) is 81.1 cm³/mol. The molecule has 2 N–H and O–H groups in total. The van der Waals surface area contributed by atoms with Crippen molar-refractivity contribution in [2.45, 2.75) is 38.9 Å². The zero-order valence-electron chi connectivity index (χ0n) is 12.6. The van der Waals surface area contributed by atoms with Crippen LogP contribution in [0.5, 0.6) is 0 Å². The first-order valence-corrected chi connectivity index (χ1v) is 6.82. The second-order valence-electron chi connectivity index (χ2n) is 6.29. The standard InChI is InChI=1S/C15H17BN2O3/c1-14(2)15(3,4)21-16(20-14)11-7-12(18)10(8-17)13-9(11)5-6-19-13/h5-7H,18H2,1-4H3. The van der Waals surface area contributed by atoms with Gasteiger partial charge < -0.3 is 19.5 Å². The van der Waals surface area contributed by atoms with Crippen LogP contribution in [-0.4, -0.2) is 18.3 Å². The molecule has 0 spiro atoms. The topological polar surface area (TPSA) is 81.4 Å². The Bertz CT molecular complexity index is 742. The Kier molecular flexibility index (Phi) is 2.84. The van der Waals surface area contributed by atoms with E-state index in [1.807, 2.05) is 27.7 Å². The van der Waals surface area contributed by atoms with Crippen LogP contribution in [0, 0.1) is 11.3 Å². The molecule has 1 aromatic heterocycles. The van der Waals surface area contributed by atoms with Gasteiger partial charge in [0, 0.05) is 5.39 Å². The number of hydrogen-bond donors (Lipinski definition) is 1. The molecule has 1 aliphatic rings. The lowest BCUT2D eigenvalue weighted by Gasteiger charge is -2.32. The number of nitrogens with zero attached hydrogens (tertiary/aromatic N) is 1. The second-order valence-corrected chi connectivity index (χ2v) is 6.29. The summed E-state index contributed by atoms with van der Waals surface area (Å²) in [5.41, 5.74) is 7.07. The number of nitrogens with two attached hydrogens (primary N) is 1.